The molecule has 1 heterocycles. The van der Waals surface area contributed by atoms with Gasteiger partial charge in [-0.1, -0.05) is 34.1 Å². The van der Waals surface area contributed by atoms with Crippen LogP contribution in [0, 0.1) is 0 Å². The van der Waals surface area contributed by atoms with Gasteiger partial charge in [-0.3, -0.25) is 4.79 Å². The van der Waals surface area contributed by atoms with Crippen LogP contribution in [0.1, 0.15) is 29.0 Å². The Morgan fingerprint density at radius 1 is 1.32 bits per heavy atom. The largest absolute Gasteiger partial charge is 0.397 e. The summed E-state index contributed by atoms with van der Waals surface area (Å²) in [6.07, 6.45) is 1.55. The molecule has 0 saturated carbocycles. The number of benzene rings is 1. The molecule has 0 spiro atoms. The highest BCUT2D eigenvalue weighted by molar-refractivity contribution is 9.10. The summed E-state index contributed by atoms with van der Waals surface area (Å²) in [6, 6.07) is 11.0. The van der Waals surface area contributed by atoms with Gasteiger partial charge in [0, 0.05) is 10.7 Å². The zero-order valence-corrected chi connectivity index (χ0v) is 12.0. The molecule has 1 aromatic heterocycles. The average molecular weight is 320 g/mol. The predicted octanol–water partition coefficient (Wildman–Crippen LogP) is 2.92. The van der Waals surface area contributed by atoms with E-state index in [2.05, 4.69) is 26.2 Å². The van der Waals surface area contributed by atoms with Gasteiger partial charge in [-0.15, -0.1) is 0 Å². The number of halogens is 1. The summed E-state index contributed by atoms with van der Waals surface area (Å²) < 4.78 is 0.955. The molecule has 0 aliphatic rings. The number of aromatic nitrogens is 1. The first-order valence-electron chi connectivity index (χ1n) is 5.85. The molecule has 4 nitrogen and oxygen atoms in total. The molecule has 0 saturated heterocycles. The van der Waals surface area contributed by atoms with Gasteiger partial charge in [-0.25, -0.2) is 4.98 Å². The van der Waals surface area contributed by atoms with Gasteiger partial charge in [0.1, 0.15) is 0 Å². The van der Waals surface area contributed by atoms with E-state index in [-0.39, 0.29) is 17.6 Å². The van der Waals surface area contributed by atoms with Crippen LogP contribution < -0.4 is 11.1 Å². The van der Waals surface area contributed by atoms with Crippen LogP contribution in [0.2, 0.25) is 0 Å². The highest BCUT2D eigenvalue weighted by Gasteiger charge is 2.15. The normalized spacial score (nSPS) is 11.9. The van der Waals surface area contributed by atoms with Crippen molar-refractivity contribution in [2.24, 2.45) is 0 Å². The molecular weight excluding hydrogens is 306 g/mol. The Kier molecular flexibility index (Phi) is 4.16. The molecule has 0 fully saturated rings. The van der Waals surface area contributed by atoms with Crippen molar-refractivity contribution in [1.29, 1.82) is 0 Å². The second-order valence-electron chi connectivity index (χ2n) is 4.16. The van der Waals surface area contributed by atoms with Crippen LogP contribution in [0.5, 0.6) is 0 Å². The lowest BCUT2D eigenvalue weighted by Crippen LogP contribution is -2.28. The highest BCUT2D eigenvalue weighted by atomic mass is 79.9. The maximum Gasteiger partial charge on any atom is 0.272 e. The fourth-order valence-electron chi connectivity index (χ4n) is 1.78. The standard InChI is InChI=1S/C14H14BrN3O/c1-9(10-5-2-3-6-11(10)15)18-14(19)13-12(16)7-4-8-17-13/h2-9H,16H2,1H3,(H,18,19)/t9-/m0/s1. The van der Waals surface area contributed by atoms with Gasteiger partial charge in [0.05, 0.1) is 11.7 Å². The quantitative estimate of drug-likeness (QED) is 0.914. The third kappa shape index (κ3) is 3.12. The molecular formula is C14H14BrN3O. The number of anilines is 1. The molecule has 3 N–H and O–H groups in total. The molecule has 0 aliphatic carbocycles. The Morgan fingerprint density at radius 3 is 2.74 bits per heavy atom. The van der Waals surface area contributed by atoms with Crippen LogP contribution in [-0.4, -0.2) is 10.9 Å². The van der Waals surface area contributed by atoms with Crippen molar-refractivity contribution in [3.05, 3.63) is 58.3 Å². The first-order chi connectivity index (χ1) is 9.09. The number of carbonyl (C=O) groups is 1. The summed E-state index contributed by atoms with van der Waals surface area (Å²) in [5.41, 5.74) is 7.36. The van der Waals surface area contributed by atoms with Gasteiger partial charge in [-0.05, 0) is 30.7 Å². The topological polar surface area (TPSA) is 68.0 Å². The fourth-order valence-corrected chi connectivity index (χ4v) is 2.40. The molecule has 0 unspecified atom stereocenters. The molecule has 2 rings (SSSR count). The van der Waals surface area contributed by atoms with E-state index in [4.69, 9.17) is 5.73 Å². The average Bonchev–Trinajstić information content (AvgIpc) is 2.39. The monoisotopic (exact) mass is 319 g/mol. The minimum Gasteiger partial charge on any atom is -0.397 e. The fraction of sp³-hybridized carbons (Fsp3) is 0.143. The third-order valence-corrected chi connectivity index (χ3v) is 3.50. The van der Waals surface area contributed by atoms with Crippen molar-refractivity contribution in [2.75, 3.05) is 5.73 Å². The highest BCUT2D eigenvalue weighted by Crippen LogP contribution is 2.23. The van der Waals surface area contributed by atoms with Gasteiger partial charge >= 0.3 is 0 Å². The van der Waals surface area contributed by atoms with E-state index < -0.39 is 0 Å². The van der Waals surface area contributed by atoms with Crippen molar-refractivity contribution in [2.45, 2.75) is 13.0 Å². The number of hydrogen-bond donors (Lipinski definition) is 2. The lowest BCUT2D eigenvalue weighted by molar-refractivity contribution is 0.0936. The van der Waals surface area contributed by atoms with Crippen LogP contribution in [0.15, 0.2) is 47.1 Å². The minimum absolute atomic E-state index is 0.135. The summed E-state index contributed by atoms with van der Waals surface area (Å²) in [7, 11) is 0. The summed E-state index contributed by atoms with van der Waals surface area (Å²) in [5, 5.41) is 2.88. The van der Waals surface area contributed by atoms with Crippen LogP contribution in [-0.2, 0) is 0 Å². The first kappa shape index (κ1) is 13.5. The molecule has 1 atom stereocenters. The number of nitrogen functional groups attached to an aromatic ring is 1. The Hall–Kier alpha value is -1.88. The number of carbonyl (C=O) groups excluding carboxylic acids is 1. The Morgan fingerprint density at radius 2 is 2.05 bits per heavy atom. The molecule has 5 heteroatoms. The zero-order valence-electron chi connectivity index (χ0n) is 10.4. The number of rotatable bonds is 3. The van der Waals surface area contributed by atoms with E-state index in [0.717, 1.165) is 10.0 Å². The molecule has 0 radical (unpaired) electrons. The van der Waals surface area contributed by atoms with E-state index in [9.17, 15) is 4.79 Å². The van der Waals surface area contributed by atoms with E-state index in [1.54, 1.807) is 18.3 Å². The maximum absolute atomic E-state index is 12.1. The van der Waals surface area contributed by atoms with Gasteiger partial charge in [0.2, 0.25) is 0 Å². The molecule has 0 aliphatic heterocycles. The minimum atomic E-state index is -0.277. The number of hydrogen-bond acceptors (Lipinski definition) is 3. The number of nitrogens with one attached hydrogen (secondary N) is 1. The van der Waals surface area contributed by atoms with Gasteiger partial charge in [0.25, 0.3) is 5.91 Å². The van der Waals surface area contributed by atoms with Crippen molar-refractivity contribution in [3.8, 4) is 0 Å². The molecule has 2 aromatic rings. The first-order valence-corrected chi connectivity index (χ1v) is 6.64. The Bertz CT molecular complexity index is 601. The third-order valence-electron chi connectivity index (χ3n) is 2.77. The van der Waals surface area contributed by atoms with E-state index in [1.807, 2.05) is 31.2 Å². The van der Waals surface area contributed by atoms with Crippen molar-refractivity contribution < 1.29 is 4.79 Å². The van der Waals surface area contributed by atoms with E-state index >= 15 is 0 Å². The van der Waals surface area contributed by atoms with Gasteiger partial charge < -0.3 is 11.1 Å². The summed E-state index contributed by atoms with van der Waals surface area (Å²) in [6.45, 7) is 1.91. The summed E-state index contributed by atoms with van der Waals surface area (Å²) in [5.74, 6) is -0.277. The SMILES string of the molecule is C[C@H](NC(=O)c1ncccc1N)c1ccccc1Br. The van der Waals surface area contributed by atoms with Crippen LogP contribution in [0.25, 0.3) is 0 Å². The second kappa shape index (κ2) is 5.84. The van der Waals surface area contributed by atoms with Gasteiger partial charge in [-0.2, -0.15) is 0 Å². The number of nitrogens with two attached hydrogens (primary N) is 1. The van der Waals surface area contributed by atoms with E-state index in [1.165, 1.54) is 0 Å². The molecule has 19 heavy (non-hydrogen) atoms. The summed E-state index contributed by atoms with van der Waals surface area (Å²) >= 11 is 3.47. The Labute approximate surface area is 120 Å². The van der Waals surface area contributed by atoms with Crippen molar-refractivity contribution in [1.82, 2.24) is 10.3 Å². The van der Waals surface area contributed by atoms with Crippen LogP contribution in [0.4, 0.5) is 5.69 Å². The molecule has 98 valence electrons. The lowest BCUT2D eigenvalue weighted by Gasteiger charge is -2.16. The number of pyridine rings is 1. The number of nitrogens with zero attached hydrogens (tertiary/aromatic N) is 1. The van der Waals surface area contributed by atoms with E-state index in [0.29, 0.717) is 5.69 Å². The second-order valence-corrected chi connectivity index (χ2v) is 5.01. The molecule has 1 amide bonds. The Balaban J connectivity index is 2.16. The molecule has 0 bridgehead atoms. The van der Waals surface area contributed by atoms with Crippen LogP contribution >= 0.6 is 15.9 Å². The lowest BCUT2D eigenvalue weighted by atomic mass is 10.1. The molecule has 1 aromatic carbocycles. The van der Waals surface area contributed by atoms with Crippen molar-refractivity contribution in [3.63, 3.8) is 0 Å². The maximum atomic E-state index is 12.1. The predicted molar refractivity (Wildman–Crippen MR) is 78.7 cm³/mol. The zero-order chi connectivity index (χ0) is 13.8. The summed E-state index contributed by atoms with van der Waals surface area (Å²) in [4.78, 5) is 16.1. The van der Waals surface area contributed by atoms with Crippen molar-refractivity contribution >= 4 is 27.5 Å². The smallest absolute Gasteiger partial charge is 0.272 e. The van der Waals surface area contributed by atoms with Crippen LogP contribution in [0.3, 0.4) is 0 Å². The number of amides is 1. The van der Waals surface area contributed by atoms with Gasteiger partial charge in [0.15, 0.2) is 5.69 Å².